The van der Waals surface area contributed by atoms with Crippen molar-refractivity contribution in [3.8, 4) is 0 Å². The van der Waals surface area contributed by atoms with Gasteiger partial charge in [0.15, 0.2) is 0 Å². The molecule has 0 radical (unpaired) electrons. The highest BCUT2D eigenvalue weighted by atomic mass is 79.9. The number of halogens is 2. The lowest BCUT2D eigenvalue weighted by molar-refractivity contribution is 0.214. The monoisotopic (exact) mass is 304 g/mol. The van der Waals surface area contributed by atoms with Gasteiger partial charge < -0.3 is 0 Å². The summed E-state index contributed by atoms with van der Waals surface area (Å²) >= 11 is 9.57. The molecule has 0 amide bonds. The molecule has 0 aliphatic rings. The molecule has 1 aromatic heterocycles. The first-order chi connectivity index (χ1) is 7.65. The second-order valence-corrected chi connectivity index (χ2v) is 5.27. The van der Waals surface area contributed by atoms with Crippen molar-refractivity contribution in [2.75, 3.05) is 11.9 Å². The lowest BCUT2D eigenvalue weighted by Crippen LogP contribution is -2.31. The van der Waals surface area contributed by atoms with Crippen molar-refractivity contribution in [1.29, 1.82) is 0 Å². The number of aromatic nitrogens is 1. The van der Waals surface area contributed by atoms with Crippen LogP contribution in [-0.2, 0) is 6.54 Å². The van der Waals surface area contributed by atoms with E-state index in [2.05, 4.69) is 39.7 Å². The molecule has 90 valence electrons. The lowest BCUT2D eigenvalue weighted by atomic mass is 10.2. The highest BCUT2D eigenvalue weighted by molar-refractivity contribution is 9.09. The van der Waals surface area contributed by atoms with E-state index < -0.39 is 0 Å². The minimum absolute atomic E-state index is 0.531. The largest absolute Gasteiger partial charge is 0.297 e. The summed E-state index contributed by atoms with van der Waals surface area (Å²) in [4.78, 5) is 6.42. The Hall–Kier alpha value is -0.120. The summed E-state index contributed by atoms with van der Waals surface area (Å²) in [5.74, 6) is 0. The van der Waals surface area contributed by atoms with Crippen LogP contribution in [0.15, 0.2) is 18.5 Å². The van der Waals surface area contributed by atoms with E-state index in [0.29, 0.717) is 6.04 Å². The number of pyridine rings is 1. The van der Waals surface area contributed by atoms with Crippen LogP contribution in [0.4, 0.5) is 0 Å². The van der Waals surface area contributed by atoms with Crippen LogP contribution in [0.3, 0.4) is 0 Å². The van der Waals surface area contributed by atoms with Gasteiger partial charge in [0, 0.05) is 30.3 Å². The maximum atomic E-state index is 6.11. The molecule has 1 heterocycles. The predicted octanol–water partition coefficient (Wildman–Crippen LogP) is 3.73. The normalized spacial score (nSPS) is 11.4. The molecule has 2 nitrogen and oxygen atoms in total. The number of alkyl halides is 1. The Kier molecular flexibility index (Phi) is 6.32. The molecule has 0 bridgehead atoms. The molecule has 1 aromatic rings. The predicted molar refractivity (Wildman–Crippen MR) is 73.2 cm³/mol. The van der Waals surface area contributed by atoms with Gasteiger partial charge in [-0.3, -0.25) is 9.88 Å². The fourth-order valence-electron chi connectivity index (χ4n) is 1.53. The smallest absolute Gasteiger partial charge is 0.0634 e. The molecule has 0 atom stereocenters. The second kappa shape index (κ2) is 7.25. The Morgan fingerprint density at radius 2 is 2.25 bits per heavy atom. The van der Waals surface area contributed by atoms with Crippen LogP contribution in [0.1, 0.15) is 25.8 Å². The third-order valence-electron chi connectivity index (χ3n) is 2.54. The number of rotatable bonds is 6. The van der Waals surface area contributed by atoms with Crippen molar-refractivity contribution < 1.29 is 0 Å². The Bertz CT molecular complexity index is 318. The van der Waals surface area contributed by atoms with Crippen LogP contribution in [0.5, 0.6) is 0 Å². The van der Waals surface area contributed by atoms with Gasteiger partial charge in [-0.05, 0) is 38.4 Å². The Balaban J connectivity index is 2.64. The highest BCUT2D eigenvalue weighted by Crippen LogP contribution is 2.17. The summed E-state index contributed by atoms with van der Waals surface area (Å²) in [6.45, 7) is 6.40. The lowest BCUT2D eigenvalue weighted by Gasteiger charge is -2.26. The van der Waals surface area contributed by atoms with Gasteiger partial charge in [0.05, 0.1) is 5.02 Å². The molecule has 1 rings (SSSR count). The van der Waals surface area contributed by atoms with E-state index in [-0.39, 0.29) is 0 Å². The van der Waals surface area contributed by atoms with Crippen LogP contribution >= 0.6 is 27.5 Å². The van der Waals surface area contributed by atoms with E-state index in [9.17, 15) is 0 Å². The topological polar surface area (TPSA) is 16.1 Å². The number of hydrogen-bond acceptors (Lipinski definition) is 2. The summed E-state index contributed by atoms with van der Waals surface area (Å²) in [5, 5.41) is 1.80. The second-order valence-electron chi connectivity index (χ2n) is 4.07. The first-order valence-electron chi connectivity index (χ1n) is 5.53. The average molecular weight is 306 g/mol. The standard InChI is InChI=1S/C12H18BrClN2/c1-10(2)16(7-3-5-13)9-11-4-6-15-8-12(11)14/h4,6,8,10H,3,5,7,9H2,1-2H3. The SMILES string of the molecule is CC(C)N(CCCBr)Cc1ccncc1Cl. The number of hydrogen-bond donors (Lipinski definition) is 0. The maximum absolute atomic E-state index is 6.11. The Morgan fingerprint density at radius 3 is 2.81 bits per heavy atom. The van der Waals surface area contributed by atoms with Crippen LogP contribution in [0.2, 0.25) is 5.02 Å². The first kappa shape index (κ1) is 13.9. The van der Waals surface area contributed by atoms with E-state index >= 15 is 0 Å². The van der Waals surface area contributed by atoms with Gasteiger partial charge >= 0.3 is 0 Å². The number of nitrogens with zero attached hydrogens (tertiary/aromatic N) is 2. The van der Waals surface area contributed by atoms with Crippen molar-refractivity contribution in [1.82, 2.24) is 9.88 Å². The van der Waals surface area contributed by atoms with Gasteiger partial charge in [-0.15, -0.1) is 0 Å². The van der Waals surface area contributed by atoms with Gasteiger partial charge in [0.1, 0.15) is 0 Å². The third-order valence-corrected chi connectivity index (χ3v) is 3.44. The third kappa shape index (κ3) is 4.40. The summed E-state index contributed by atoms with van der Waals surface area (Å²) < 4.78 is 0. The molecule has 0 N–H and O–H groups in total. The molecule has 0 aliphatic carbocycles. The Labute approximate surface area is 111 Å². The van der Waals surface area contributed by atoms with Crippen LogP contribution in [0, 0.1) is 0 Å². The summed E-state index contributed by atoms with van der Waals surface area (Å²) in [6.07, 6.45) is 4.66. The summed E-state index contributed by atoms with van der Waals surface area (Å²) in [5.41, 5.74) is 1.15. The van der Waals surface area contributed by atoms with Gasteiger partial charge in [0.2, 0.25) is 0 Å². The molecule has 0 aliphatic heterocycles. The molecule has 0 fully saturated rings. The zero-order valence-electron chi connectivity index (χ0n) is 9.79. The van der Waals surface area contributed by atoms with Crippen molar-refractivity contribution in [2.45, 2.75) is 32.9 Å². The minimum Gasteiger partial charge on any atom is -0.297 e. The van der Waals surface area contributed by atoms with Crippen molar-refractivity contribution in [3.05, 3.63) is 29.0 Å². The molecule has 4 heteroatoms. The van der Waals surface area contributed by atoms with Gasteiger partial charge in [0.25, 0.3) is 0 Å². The first-order valence-corrected chi connectivity index (χ1v) is 7.03. The van der Waals surface area contributed by atoms with Crippen LogP contribution in [-0.4, -0.2) is 27.8 Å². The molecule has 0 spiro atoms. The molecular formula is C12H18BrClN2. The van der Waals surface area contributed by atoms with Gasteiger partial charge in [-0.1, -0.05) is 27.5 Å². The highest BCUT2D eigenvalue weighted by Gasteiger charge is 2.11. The molecule has 0 aromatic carbocycles. The Morgan fingerprint density at radius 1 is 1.50 bits per heavy atom. The molecular weight excluding hydrogens is 288 g/mol. The van der Waals surface area contributed by atoms with Gasteiger partial charge in [-0.2, -0.15) is 0 Å². The van der Waals surface area contributed by atoms with Crippen LogP contribution in [0.25, 0.3) is 0 Å². The van der Waals surface area contributed by atoms with Crippen molar-refractivity contribution in [3.63, 3.8) is 0 Å². The quantitative estimate of drug-likeness (QED) is 0.745. The zero-order valence-corrected chi connectivity index (χ0v) is 12.1. The van der Waals surface area contributed by atoms with E-state index in [4.69, 9.17) is 11.6 Å². The minimum atomic E-state index is 0.531. The van der Waals surface area contributed by atoms with E-state index in [1.165, 1.54) is 0 Å². The van der Waals surface area contributed by atoms with E-state index in [1.807, 2.05) is 6.07 Å². The van der Waals surface area contributed by atoms with E-state index in [0.717, 1.165) is 35.4 Å². The molecule has 0 saturated heterocycles. The van der Waals surface area contributed by atoms with E-state index in [1.54, 1.807) is 12.4 Å². The fraction of sp³-hybridized carbons (Fsp3) is 0.583. The summed E-state index contributed by atoms with van der Waals surface area (Å²) in [7, 11) is 0. The molecule has 0 saturated carbocycles. The maximum Gasteiger partial charge on any atom is 0.0634 e. The average Bonchev–Trinajstić information content (AvgIpc) is 2.26. The molecule has 16 heavy (non-hydrogen) atoms. The molecule has 0 unspecified atom stereocenters. The van der Waals surface area contributed by atoms with Gasteiger partial charge in [-0.25, -0.2) is 0 Å². The van der Waals surface area contributed by atoms with Crippen molar-refractivity contribution in [2.24, 2.45) is 0 Å². The summed E-state index contributed by atoms with van der Waals surface area (Å²) in [6, 6.07) is 2.52. The van der Waals surface area contributed by atoms with Crippen molar-refractivity contribution >= 4 is 27.5 Å². The van der Waals surface area contributed by atoms with Crippen LogP contribution < -0.4 is 0 Å². The zero-order chi connectivity index (χ0) is 12.0. The fourth-order valence-corrected chi connectivity index (χ4v) is 1.96.